The first kappa shape index (κ1) is 9.37. The van der Waals surface area contributed by atoms with Gasteiger partial charge in [-0.2, -0.15) is 0 Å². The third-order valence-corrected chi connectivity index (χ3v) is 3.15. The highest BCUT2D eigenvalue weighted by Crippen LogP contribution is 2.27. The van der Waals surface area contributed by atoms with Crippen LogP contribution in [0.1, 0.15) is 11.3 Å². The number of hydrogen-bond acceptors (Lipinski definition) is 3. The molecule has 0 aliphatic heterocycles. The SMILES string of the molecule is Cc1ncsc1-c1cccc(CN)c1. The van der Waals surface area contributed by atoms with E-state index in [4.69, 9.17) is 5.73 Å². The highest BCUT2D eigenvalue weighted by Gasteiger charge is 2.04. The zero-order chi connectivity index (χ0) is 9.97. The number of rotatable bonds is 2. The van der Waals surface area contributed by atoms with Crippen molar-refractivity contribution in [3.8, 4) is 10.4 Å². The van der Waals surface area contributed by atoms with Crippen molar-refractivity contribution in [3.63, 3.8) is 0 Å². The van der Waals surface area contributed by atoms with Crippen LogP contribution < -0.4 is 5.73 Å². The maximum atomic E-state index is 5.60. The Balaban J connectivity index is 2.47. The van der Waals surface area contributed by atoms with Crippen LogP contribution in [0, 0.1) is 6.92 Å². The van der Waals surface area contributed by atoms with Gasteiger partial charge in [-0.1, -0.05) is 18.2 Å². The molecule has 0 saturated heterocycles. The van der Waals surface area contributed by atoms with Gasteiger partial charge in [0.2, 0.25) is 0 Å². The lowest BCUT2D eigenvalue weighted by Crippen LogP contribution is -1.95. The van der Waals surface area contributed by atoms with Gasteiger partial charge in [0.15, 0.2) is 0 Å². The third-order valence-electron chi connectivity index (χ3n) is 2.17. The Kier molecular flexibility index (Phi) is 2.61. The van der Waals surface area contributed by atoms with Gasteiger partial charge in [0, 0.05) is 6.54 Å². The monoisotopic (exact) mass is 204 g/mol. The topological polar surface area (TPSA) is 38.9 Å². The van der Waals surface area contributed by atoms with Crippen LogP contribution in [0.5, 0.6) is 0 Å². The van der Waals surface area contributed by atoms with E-state index < -0.39 is 0 Å². The van der Waals surface area contributed by atoms with Gasteiger partial charge in [0.1, 0.15) is 0 Å². The van der Waals surface area contributed by atoms with Crippen LogP contribution >= 0.6 is 11.3 Å². The van der Waals surface area contributed by atoms with Crippen LogP contribution in [0.15, 0.2) is 29.8 Å². The molecular formula is C11H12N2S. The molecule has 72 valence electrons. The van der Waals surface area contributed by atoms with Crippen molar-refractivity contribution in [1.29, 1.82) is 0 Å². The molecule has 2 rings (SSSR count). The minimum absolute atomic E-state index is 0.589. The van der Waals surface area contributed by atoms with Gasteiger partial charge < -0.3 is 5.73 Å². The molecule has 0 fully saturated rings. The Bertz CT molecular complexity index is 434. The van der Waals surface area contributed by atoms with E-state index in [1.165, 1.54) is 10.4 Å². The second-order valence-corrected chi connectivity index (χ2v) is 4.03. The summed E-state index contributed by atoms with van der Waals surface area (Å²) < 4.78 is 0. The summed E-state index contributed by atoms with van der Waals surface area (Å²) in [5.41, 5.74) is 10.9. The van der Waals surface area contributed by atoms with E-state index in [0.717, 1.165) is 11.3 Å². The predicted octanol–water partition coefficient (Wildman–Crippen LogP) is 2.58. The van der Waals surface area contributed by atoms with Crippen molar-refractivity contribution >= 4 is 11.3 Å². The molecule has 0 aliphatic carbocycles. The van der Waals surface area contributed by atoms with Crippen LogP contribution in [0.4, 0.5) is 0 Å². The van der Waals surface area contributed by atoms with E-state index in [-0.39, 0.29) is 0 Å². The fourth-order valence-electron chi connectivity index (χ4n) is 1.42. The first-order valence-electron chi connectivity index (χ1n) is 4.50. The third kappa shape index (κ3) is 1.69. The molecular weight excluding hydrogens is 192 g/mol. The fraction of sp³-hybridized carbons (Fsp3) is 0.182. The Hall–Kier alpha value is -1.19. The Morgan fingerprint density at radius 3 is 2.93 bits per heavy atom. The zero-order valence-corrected chi connectivity index (χ0v) is 8.84. The predicted molar refractivity (Wildman–Crippen MR) is 60.2 cm³/mol. The highest BCUT2D eigenvalue weighted by molar-refractivity contribution is 7.13. The van der Waals surface area contributed by atoms with Crippen LogP contribution in [0.3, 0.4) is 0 Å². The quantitative estimate of drug-likeness (QED) is 0.816. The first-order valence-corrected chi connectivity index (χ1v) is 5.38. The van der Waals surface area contributed by atoms with Crippen LogP contribution in [-0.2, 0) is 6.54 Å². The summed E-state index contributed by atoms with van der Waals surface area (Å²) in [4.78, 5) is 5.47. The summed E-state index contributed by atoms with van der Waals surface area (Å²) in [5, 5.41) is 0. The van der Waals surface area contributed by atoms with Gasteiger partial charge in [-0.3, -0.25) is 0 Å². The lowest BCUT2D eigenvalue weighted by atomic mass is 10.1. The Morgan fingerprint density at radius 2 is 2.29 bits per heavy atom. The normalized spacial score (nSPS) is 10.4. The van der Waals surface area contributed by atoms with E-state index in [9.17, 15) is 0 Å². The molecule has 2 aromatic rings. The number of nitrogens with two attached hydrogens (primary N) is 1. The molecule has 14 heavy (non-hydrogen) atoms. The van der Waals surface area contributed by atoms with E-state index in [1.54, 1.807) is 11.3 Å². The summed E-state index contributed by atoms with van der Waals surface area (Å²) in [6.45, 7) is 2.62. The molecule has 1 aromatic carbocycles. The van der Waals surface area contributed by atoms with Gasteiger partial charge in [0.05, 0.1) is 16.1 Å². The average molecular weight is 204 g/mol. The van der Waals surface area contributed by atoms with E-state index >= 15 is 0 Å². The number of hydrogen-bond donors (Lipinski definition) is 1. The molecule has 0 bridgehead atoms. The van der Waals surface area contributed by atoms with Crippen molar-refractivity contribution in [3.05, 3.63) is 41.0 Å². The molecule has 0 unspecified atom stereocenters. The molecule has 1 aromatic heterocycles. The highest BCUT2D eigenvalue weighted by atomic mass is 32.1. The molecule has 0 amide bonds. The number of aryl methyl sites for hydroxylation is 1. The summed E-state index contributed by atoms with van der Waals surface area (Å²) in [6.07, 6.45) is 0. The van der Waals surface area contributed by atoms with Crippen LogP contribution in [-0.4, -0.2) is 4.98 Å². The van der Waals surface area contributed by atoms with Gasteiger partial charge in [-0.25, -0.2) is 4.98 Å². The molecule has 0 spiro atoms. The molecule has 2 nitrogen and oxygen atoms in total. The number of aromatic nitrogens is 1. The van der Waals surface area contributed by atoms with Crippen LogP contribution in [0.25, 0.3) is 10.4 Å². The Labute approximate surface area is 87.4 Å². The van der Waals surface area contributed by atoms with Gasteiger partial charge in [-0.05, 0) is 24.1 Å². The first-order chi connectivity index (χ1) is 6.81. The Morgan fingerprint density at radius 1 is 1.43 bits per heavy atom. The number of nitrogens with zero attached hydrogens (tertiary/aromatic N) is 1. The lowest BCUT2D eigenvalue weighted by Gasteiger charge is -2.01. The molecule has 0 saturated carbocycles. The molecule has 1 heterocycles. The number of thiazole rings is 1. The maximum absolute atomic E-state index is 5.60. The van der Waals surface area contributed by atoms with Crippen molar-refractivity contribution < 1.29 is 0 Å². The summed E-state index contributed by atoms with van der Waals surface area (Å²) in [5.74, 6) is 0. The fourth-order valence-corrected chi connectivity index (χ4v) is 2.22. The van der Waals surface area contributed by atoms with Gasteiger partial charge in [0.25, 0.3) is 0 Å². The molecule has 0 atom stereocenters. The second-order valence-electron chi connectivity index (χ2n) is 3.17. The summed E-state index contributed by atoms with van der Waals surface area (Å²) >= 11 is 1.67. The van der Waals surface area contributed by atoms with Gasteiger partial charge in [-0.15, -0.1) is 11.3 Å². The van der Waals surface area contributed by atoms with Crippen molar-refractivity contribution in [1.82, 2.24) is 4.98 Å². The molecule has 2 N–H and O–H groups in total. The minimum Gasteiger partial charge on any atom is -0.326 e. The molecule has 0 radical (unpaired) electrons. The standard InChI is InChI=1S/C11H12N2S/c1-8-11(14-7-13-8)10-4-2-3-9(5-10)6-12/h2-5,7H,6,12H2,1H3. The van der Waals surface area contributed by atoms with E-state index in [2.05, 4.69) is 17.1 Å². The average Bonchev–Trinajstić information content (AvgIpc) is 2.65. The zero-order valence-electron chi connectivity index (χ0n) is 8.03. The summed E-state index contributed by atoms with van der Waals surface area (Å²) in [7, 11) is 0. The van der Waals surface area contributed by atoms with E-state index in [0.29, 0.717) is 6.54 Å². The molecule has 0 aliphatic rings. The second kappa shape index (κ2) is 3.90. The lowest BCUT2D eigenvalue weighted by molar-refractivity contribution is 1.07. The van der Waals surface area contributed by atoms with Crippen molar-refractivity contribution in [2.45, 2.75) is 13.5 Å². The van der Waals surface area contributed by atoms with E-state index in [1.807, 2.05) is 24.6 Å². The smallest absolute Gasteiger partial charge is 0.0801 e. The van der Waals surface area contributed by atoms with Crippen molar-refractivity contribution in [2.24, 2.45) is 5.73 Å². The van der Waals surface area contributed by atoms with Crippen molar-refractivity contribution in [2.75, 3.05) is 0 Å². The summed E-state index contributed by atoms with van der Waals surface area (Å²) in [6, 6.07) is 8.30. The van der Waals surface area contributed by atoms with Gasteiger partial charge >= 0.3 is 0 Å². The molecule has 3 heteroatoms. The minimum atomic E-state index is 0.589. The maximum Gasteiger partial charge on any atom is 0.0801 e. The largest absolute Gasteiger partial charge is 0.326 e. The van der Waals surface area contributed by atoms with Crippen LogP contribution in [0.2, 0.25) is 0 Å². The number of benzene rings is 1.